The highest BCUT2D eigenvalue weighted by atomic mass is 35.5. The first-order valence-corrected chi connectivity index (χ1v) is 9.91. The Morgan fingerprint density at radius 3 is 3.00 bits per heavy atom. The van der Waals surface area contributed by atoms with E-state index in [1.165, 1.54) is 11.8 Å². The third-order valence-electron chi connectivity index (χ3n) is 3.63. The van der Waals surface area contributed by atoms with E-state index < -0.39 is 0 Å². The molecule has 0 saturated carbocycles. The van der Waals surface area contributed by atoms with Crippen molar-refractivity contribution in [3.05, 3.63) is 57.5 Å². The first-order chi connectivity index (χ1) is 12.0. The summed E-state index contributed by atoms with van der Waals surface area (Å²) in [4.78, 5) is 13.3. The fraction of sp³-hybridized carbons (Fsp3) is 0.235. The lowest BCUT2D eigenvalue weighted by Gasteiger charge is -2.12. The molecule has 1 N–H and O–H groups in total. The summed E-state index contributed by atoms with van der Waals surface area (Å²) >= 11 is 9.17. The van der Waals surface area contributed by atoms with Gasteiger partial charge in [0.25, 0.3) is 0 Å². The second kappa shape index (κ2) is 8.03. The summed E-state index contributed by atoms with van der Waals surface area (Å²) in [6.07, 6.45) is 1.62. The highest BCUT2D eigenvalue weighted by Crippen LogP contribution is 2.24. The lowest BCUT2D eigenvalue weighted by atomic mass is 10.2. The maximum absolute atomic E-state index is 12.2. The summed E-state index contributed by atoms with van der Waals surface area (Å²) in [7, 11) is 0. The summed E-state index contributed by atoms with van der Waals surface area (Å²) in [5, 5.41) is 14.4. The van der Waals surface area contributed by atoms with Crippen LogP contribution >= 0.6 is 34.7 Å². The smallest absolute Gasteiger partial charge is 0.230 e. The number of amides is 1. The average molecular weight is 393 g/mol. The van der Waals surface area contributed by atoms with Gasteiger partial charge in [-0.2, -0.15) is 0 Å². The molecule has 1 unspecified atom stereocenters. The minimum Gasteiger partial charge on any atom is -0.348 e. The van der Waals surface area contributed by atoms with Crippen LogP contribution in [0.3, 0.4) is 0 Å². The van der Waals surface area contributed by atoms with Crippen LogP contribution in [0.5, 0.6) is 0 Å². The molecule has 0 aliphatic heterocycles. The Morgan fingerprint density at radius 2 is 2.28 bits per heavy atom. The third-order valence-corrected chi connectivity index (χ3v) is 6.04. The van der Waals surface area contributed by atoms with E-state index in [-0.39, 0.29) is 17.7 Å². The molecule has 25 heavy (non-hydrogen) atoms. The summed E-state index contributed by atoms with van der Waals surface area (Å²) in [6, 6.07) is 9.76. The van der Waals surface area contributed by atoms with Crippen LogP contribution in [0, 0.1) is 6.92 Å². The van der Waals surface area contributed by atoms with E-state index in [1.54, 1.807) is 17.7 Å². The summed E-state index contributed by atoms with van der Waals surface area (Å²) in [5.41, 5.74) is 1.88. The van der Waals surface area contributed by atoms with Gasteiger partial charge < -0.3 is 5.32 Å². The zero-order valence-electron chi connectivity index (χ0n) is 13.8. The molecular formula is C17H17ClN4OS2. The molecule has 5 nitrogen and oxygen atoms in total. The van der Waals surface area contributed by atoms with Gasteiger partial charge in [-0.3, -0.25) is 9.36 Å². The zero-order chi connectivity index (χ0) is 17.8. The summed E-state index contributed by atoms with van der Waals surface area (Å²) in [5.74, 6) is 0.232. The number of rotatable bonds is 6. The van der Waals surface area contributed by atoms with Gasteiger partial charge in [-0.05, 0) is 43.0 Å². The van der Waals surface area contributed by atoms with Crippen molar-refractivity contribution in [2.24, 2.45) is 0 Å². The Labute approximate surface area is 159 Å². The second-order valence-corrected chi connectivity index (χ2v) is 7.84. The van der Waals surface area contributed by atoms with Gasteiger partial charge in [0, 0.05) is 9.90 Å². The number of thioether (sulfide) groups is 1. The second-order valence-electron chi connectivity index (χ2n) is 5.51. The molecule has 2 aromatic heterocycles. The predicted molar refractivity (Wildman–Crippen MR) is 103 cm³/mol. The molecule has 2 heterocycles. The molecule has 0 radical (unpaired) electrons. The molecule has 0 spiro atoms. The van der Waals surface area contributed by atoms with Gasteiger partial charge in [-0.15, -0.1) is 21.5 Å². The highest BCUT2D eigenvalue weighted by molar-refractivity contribution is 7.99. The van der Waals surface area contributed by atoms with Crippen LogP contribution in [-0.4, -0.2) is 26.4 Å². The maximum Gasteiger partial charge on any atom is 0.230 e. The van der Waals surface area contributed by atoms with Gasteiger partial charge >= 0.3 is 0 Å². The minimum absolute atomic E-state index is 0.00174. The number of nitrogens with zero attached hydrogens (tertiary/aromatic N) is 3. The van der Waals surface area contributed by atoms with Gasteiger partial charge in [0.15, 0.2) is 5.16 Å². The standard InChI is InChI=1S/C17H17ClN4OS2/c1-11-5-6-13(8-14(11)18)22-10-19-21-17(22)25-9-16(23)20-12(2)15-4-3-7-24-15/h3-8,10,12H,9H2,1-2H3,(H,20,23). The van der Waals surface area contributed by atoms with Crippen molar-refractivity contribution < 1.29 is 4.79 Å². The SMILES string of the molecule is Cc1ccc(-n2cnnc2SCC(=O)NC(C)c2cccs2)cc1Cl. The Bertz CT molecular complexity index is 863. The van der Waals surface area contributed by atoms with E-state index >= 15 is 0 Å². The first-order valence-electron chi connectivity index (χ1n) is 7.66. The van der Waals surface area contributed by atoms with Crippen molar-refractivity contribution in [3.8, 4) is 5.69 Å². The van der Waals surface area contributed by atoms with Gasteiger partial charge in [0.2, 0.25) is 5.91 Å². The van der Waals surface area contributed by atoms with Crippen LogP contribution in [0.4, 0.5) is 0 Å². The molecule has 1 atom stereocenters. The number of carbonyl (C=O) groups is 1. The maximum atomic E-state index is 12.2. The van der Waals surface area contributed by atoms with E-state index in [0.717, 1.165) is 16.1 Å². The van der Waals surface area contributed by atoms with Crippen molar-refractivity contribution in [2.75, 3.05) is 5.75 Å². The third kappa shape index (κ3) is 4.42. The Balaban J connectivity index is 1.63. The predicted octanol–water partition coefficient (Wildman–Crippen LogP) is 4.26. The van der Waals surface area contributed by atoms with Crippen molar-refractivity contribution in [2.45, 2.75) is 25.0 Å². The normalized spacial score (nSPS) is 12.1. The average Bonchev–Trinajstić information content (AvgIpc) is 3.27. The number of aromatic nitrogens is 3. The van der Waals surface area contributed by atoms with E-state index in [4.69, 9.17) is 11.6 Å². The zero-order valence-corrected chi connectivity index (χ0v) is 16.2. The molecule has 8 heteroatoms. The molecule has 3 aromatic rings. The molecule has 0 aliphatic rings. The molecular weight excluding hydrogens is 376 g/mol. The van der Waals surface area contributed by atoms with Crippen LogP contribution in [0.2, 0.25) is 5.02 Å². The van der Waals surface area contributed by atoms with Crippen LogP contribution in [0.15, 0.2) is 47.2 Å². The van der Waals surface area contributed by atoms with Gasteiger partial charge in [-0.25, -0.2) is 0 Å². The molecule has 130 valence electrons. The number of nitrogens with one attached hydrogen (secondary N) is 1. The Hall–Kier alpha value is -1.83. The van der Waals surface area contributed by atoms with Gasteiger partial charge in [-0.1, -0.05) is 35.5 Å². The number of hydrogen-bond donors (Lipinski definition) is 1. The molecule has 0 fully saturated rings. The monoisotopic (exact) mass is 392 g/mol. The number of thiophene rings is 1. The summed E-state index contributed by atoms with van der Waals surface area (Å²) < 4.78 is 1.83. The van der Waals surface area contributed by atoms with E-state index in [9.17, 15) is 4.79 Å². The lowest BCUT2D eigenvalue weighted by molar-refractivity contribution is -0.119. The fourth-order valence-corrected chi connectivity index (χ4v) is 3.90. The Kier molecular flexibility index (Phi) is 5.78. The highest BCUT2D eigenvalue weighted by Gasteiger charge is 2.14. The molecule has 3 rings (SSSR count). The summed E-state index contributed by atoms with van der Waals surface area (Å²) in [6.45, 7) is 3.93. The van der Waals surface area contributed by atoms with Crippen LogP contribution in [0.25, 0.3) is 5.69 Å². The number of halogens is 1. The minimum atomic E-state index is -0.0395. The van der Waals surface area contributed by atoms with Gasteiger partial charge in [0.05, 0.1) is 17.5 Å². The number of hydrogen-bond acceptors (Lipinski definition) is 5. The van der Waals surface area contributed by atoms with Crippen LogP contribution in [0.1, 0.15) is 23.4 Å². The van der Waals surface area contributed by atoms with Crippen molar-refractivity contribution in [1.82, 2.24) is 20.1 Å². The topological polar surface area (TPSA) is 59.8 Å². The number of benzene rings is 1. The Morgan fingerprint density at radius 1 is 1.44 bits per heavy atom. The van der Waals surface area contributed by atoms with Crippen LogP contribution < -0.4 is 5.32 Å². The molecule has 1 amide bonds. The van der Waals surface area contributed by atoms with E-state index in [2.05, 4.69) is 15.5 Å². The number of carbonyl (C=O) groups excluding carboxylic acids is 1. The molecule has 0 bridgehead atoms. The number of aryl methyl sites for hydroxylation is 1. The molecule has 0 aliphatic carbocycles. The first kappa shape index (κ1) is 18.0. The van der Waals surface area contributed by atoms with E-state index in [1.807, 2.05) is 54.1 Å². The van der Waals surface area contributed by atoms with Crippen LogP contribution in [-0.2, 0) is 4.79 Å². The molecule has 0 saturated heterocycles. The quantitative estimate of drug-likeness (QED) is 0.637. The van der Waals surface area contributed by atoms with Crippen molar-refractivity contribution in [3.63, 3.8) is 0 Å². The molecule has 1 aromatic carbocycles. The van der Waals surface area contributed by atoms with Crippen molar-refractivity contribution in [1.29, 1.82) is 0 Å². The van der Waals surface area contributed by atoms with Crippen molar-refractivity contribution >= 4 is 40.6 Å². The lowest BCUT2D eigenvalue weighted by Crippen LogP contribution is -2.27. The van der Waals surface area contributed by atoms with Gasteiger partial charge in [0.1, 0.15) is 6.33 Å². The van der Waals surface area contributed by atoms with E-state index in [0.29, 0.717) is 10.2 Å². The fourth-order valence-electron chi connectivity index (χ4n) is 2.25. The largest absolute Gasteiger partial charge is 0.348 e.